The van der Waals surface area contributed by atoms with Gasteiger partial charge in [0.05, 0.1) is 0 Å². The highest BCUT2D eigenvalue weighted by molar-refractivity contribution is 5.91. The molecule has 1 fully saturated rings. The summed E-state index contributed by atoms with van der Waals surface area (Å²) in [7, 11) is 0. The molecule has 3 rings (SSSR count). The summed E-state index contributed by atoms with van der Waals surface area (Å²) in [5, 5.41) is 3.03. The molecule has 0 radical (unpaired) electrons. The lowest BCUT2D eigenvalue weighted by atomic mass is 10.1. The van der Waals surface area contributed by atoms with E-state index in [2.05, 4.69) is 66.2 Å². The van der Waals surface area contributed by atoms with Gasteiger partial charge in [0.25, 0.3) is 0 Å². The van der Waals surface area contributed by atoms with Gasteiger partial charge in [0.15, 0.2) is 0 Å². The maximum absolute atomic E-state index is 12.3. The molecule has 2 aromatic carbocycles. The zero-order valence-electron chi connectivity index (χ0n) is 16.1. The first kappa shape index (κ1) is 18.5. The molecule has 2 aromatic rings. The van der Waals surface area contributed by atoms with E-state index < -0.39 is 0 Å². The molecular weight excluding hydrogens is 322 g/mol. The van der Waals surface area contributed by atoms with Gasteiger partial charge in [0.1, 0.15) is 0 Å². The molecule has 1 heterocycles. The van der Waals surface area contributed by atoms with Gasteiger partial charge >= 0.3 is 0 Å². The number of anilines is 2. The predicted octanol–water partition coefficient (Wildman–Crippen LogP) is 3.76. The summed E-state index contributed by atoms with van der Waals surface area (Å²) in [5.41, 5.74) is 5.85. The zero-order chi connectivity index (χ0) is 18.5. The van der Waals surface area contributed by atoms with Crippen molar-refractivity contribution in [3.63, 3.8) is 0 Å². The fourth-order valence-electron chi connectivity index (χ4n) is 3.58. The molecule has 0 aromatic heterocycles. The number of nitrogens with one attached hydrogen (secondary N) is 1. The summed E-state index contributed by atoms with van der Waals surface area (Å²) in [6, 6.07) is 14.8. The monoisotopic (exact) mass is 351 g/mol. The lowest BCUT2D eigenvalue weighted by Crippen LogP contribution is -2.47. The van der Waals surface area contributed by atoms with E-state index in [1.165, 1.54) is 22.4 Å². The molecule has 138 valence electrons. The number of nitrogens with zero attached hydrogens (tertiary/aromatic N) is 2. The van der Waals surface area contributed by atoms with Gasteiger partial charge < -0.3 is 10.2 Å². The number of hydrogen-bond donors (Lipinski definition) is 1. The topological polar surface area (TPSA) is 35.6 Å². The van der Waals surface area contributed by atoms with Gasteiger partial charge in [-0.3, -0.25) is 9.69 Å². The van der Waals surface area contributed by atoms with Crippen molar-refractivity contribution in [3.05, 3.63) is 59.2 Å². The van der Waals surface area contributed by atoms with Crippen LogP contribution in [-0.4, -0.2) is 43.5 Å². The number of aryl methyl sites for hydroxylation is 3. The van der Waals surface area contributed by atoms with Crippen LogP contribution in [0.25, 0.3) is 0 Å². The highest BCUT2D eigenvalue weighted by atomic mass is 16.1. The first-order valence-corrected chi connectivity index (χ1v) is 9.42. The van der Waals surface area contributed by atoms with Gasteiger partial charge in [-0.15, -0.1) is 0 Å². The molecular formula is C22H29N3O. The molecule has 1 amide bonds. The predicted molar refractivity (Wildman–Crippen MR) is 109 cm³/mol. The van der Waals surface area contributed by atoms with Crippen molar-refractivity contribution in [2.24, 2.45) is 0 Å². The van der Waals surface area contributed by atoms with Crippen molar-refractivity contribution in [1.82, 2.24) is 4.90 Å². The molecule has 1 N–H and O–H groups in total. The third kappa shape index (κ3) is 5.09. The Hall–Kier alpha value is -2.33. The van der Waals surface area contributed by atoms with Crippen LogP contribution in [0.4, 0.5) is 11.4 Å². The molecule has 4 heteroatoms. The quantitative estimate of drug-likeness (QED) is 0.891. The van der Waals surface area contributed by atoms with Gasteiger partial charge in [0, 0.05) is 50.5 Å². The molecule has 1 saturated heterocycles. The standard InChI is InChI=1S/C22H29N3O/c1-17-5-4-6-21(16-17)25-11-9-24(10-12-25)8-7-22(26)23-20-14-18(2)13-19(3)15-20/h4-6,13-16H,7-12H2,1-3H3,(H,23,26). The van der Waals surface area contributed by atoms with Crippen LogP contribution in [-0.2, 0) is 4.79 Å². The van der Waals surface area contributed by atoms with Crippen molar-refractivity contribution < 1.29 is 4.79 Å². The lowest BCUT2D eigenvalue weighted by Gasteiger charge is -2.36. The molecule has 1 aliphatic rings. The Morgan fingerprint density at radius 2 is 1.62 bits per heavy atom. The smallest absolute Gasteiger partial charge is 0.225 e. The molecule has 0 aliphatic carbocycles. The summed E-state index contributed by atoms with van der Waals surface area (Å²) >= 11 is 0. The van der Waals surface area contributed by atoms with Crippen LogP contribution in [0.5, 0.6) is 0 Å². The van der Waals surface area contributed by atoms with Crippen LogP contribution in [0.1, 0.15) is 23.1 Å². The van der Waals surface area contributed by atoms with Gasteiger partial charge in [-0.25, -0.2) is 0 Å². The van der Waals surface area contributed by atoms with Crippen LogP contribution in [0, 0.1) is 20.8 Å². The van der Waals surface area contributed by atoms with Gasteiger partial charge in [0.2, 0.25) is 5.91 Å². The average molecular weight is 351 g/mol. The van der Waals surface area contributed by atoms with Gasteiger partial charge in [-0.1, -0.05) is 18.2 Å². The van der Waals surface area contributed by atoms with Gasteiger partial charge in [-0.2, -0.15) is 0 Å². The van der Waals surface area contributed by atoms with Crippen molar-refractivity contribution in [1.29, 1.82) is 0 Å². The highest BCUT2D eigenvalue weighted by Crippen LogP contribution is 2.18. The average Bonchev–Trinajstić information content (AvgIpc) is 2.59. The molecule has 4 nitrogen and oxygen atoms in total. The van der Waals surface area contributed by atoms with Crippen molar-refractivity contribution in [3.8, 4) is 0 Å². The number of rotatable bonds is 5. The second kappa shape index (κ2) is 8.37. The van der Waals surface area contributed by atoms with E-state index in [-0.39, 0.29) is 5.91 Å². The molecule has 26 heavy (non-hydrogen) atoms. The maximum Gasteiger partial charge on any atom is 0.225 e. The lowest BCUT2D eigenvalue weighted by molar-refractivity contribution is -0.116. The van der Waals surface area contributed by atoms with E-state index in [0.29, 0.717) is 6.42 Å². The Kier molecular flexibility index (Phi) is 5.94. The third-order valence-electron chi connectivity index (χ3n) is 4.90. The summed E-state index contributed by atoms with van der Waals surface area (Å²) in [6.07, 6.45) is 0.539. The number of benzene rings is 2. The number of carbonyl (C=O) groups is 1. The fraction of sp³-hybridized carbons (Fsp3) is 0.409. The van der Waals surface area contributed by atoms with E-state index in [0.717, 1.165) is 38.4 Å². The number of amides is 1. The van der Waals surface area contributed by atoms with Crippen LogP contribution in [0.3, 0.4) is 0 Å². The molecule has 1 aliphatic heterocycles. The second-order valence-corrected chi connectivity index (χ2v) is 7.34. The van der Waals surface area contributed by atoms with Gasteiger partial charge in [-0.05, 0) is 61.7 Å². The molecule has 0 atom stereocenters. The summed E-state index contributed by atoms with van der Waals surface area (Å²) in [4.78, 5) is 17.1. The summed E-state index contributed by atoms with van der Waals surface area (Å²) in [6.45, 7) is 11.1. The van der Waals surface area contributed by atoms with E-state index in [9.17, 15) is 4.79 Å². The van der Waals surface area contributed by atoms with E-state index >= 15 is 0 Å². The normalized spacial score (nSPS) is 15.1. The second-order valence-electron chi connectivity index (χ2n) is 7.34. The van der Waals surface area contributed by atoms with Crippen LogP contribution < -0.4 is 10.2 Å². The first-order chi connectivity index (χ1) is 12.5. The van der Waals surface area contributed by atoms with Crippen LogP contribution >= 0.6 is 0 Å². The zero-order valence-corrected chi connectivity index (χ0v) is 16.1. The number of carbonyl (C=O) groups excluding carboxylic acids is 1. The van der Waals surface area contributed by atoms with E-state index in [4.69, 9.17) is 0 Å². The number of hydrogen-bond acceptors (Lipinski definition) is 3. The minimum absolute atomic E-state index is 0.0936. The Bertz CT molecular complexity index is 743. The third-order valence-corrected chi connectivity index (χ3v) is 4.90. The summed E-state index contributed by atoms with van der Waals surface area (Å²) < 4.78 is 0. The molecule has 0 spiro atoms. The largest absolute Gasteiger partial charge is 0.369 e. The molecule has 0 unspecified atom stereocenters. The van der Waals surface area contributed by atoms with Crippen LogP contribution in [0.2, 0.25) is 0 Å². The first-order valence-electron chi connectivity index (χ1n) is 9.42. The Labute approximate surface area is 156 Å². The Morgan fingerprint density at radius 1 is 0.923 bits per heavy atom. The van der Waals surface area contributed by atoms with Crippen molar-refractivity contribution >= 4 is 17.3 Å². The van der Waals surface area contributed by atoms with Crippen LogP contribution in [0.15, 0.2) is 42.5 Å². The SMILES string of the molecule is Cc1cc(C)cc(NC(=O)CCN2CCN(c3cccc(C)c3)CC2)c1. The highest BCUT2D eigenvalue weighted by Gasteiger charge is 2.18. The Balaban J connectivity index is 1.44. The molecule has 0 bridgehead atoms. The minimum Gasteiger partial charge on any atom is -0.369 e. The van der Waals surface area contributed by atoms with E-state index in [1.807, 2.05) is 12.1 Å². The van der Waals surface area contributed by atoms with E-state index in [1.54, 1.807) is 0 Å². The maximum atomic E-state index is 12.3. The molecule has 0 saturated carbocycles. The fourth-order valence-corrected chi connectivity index (χ4v) is 3.58. The summed E-state index contributed by atoms with van der Waals surface area (Å²) in [5.74, 6) is 0.0936. The minimum atomic E-state index is 0.0936. The van der Waals surface area contributed by atoms with Crippen molar-refractivity contribution in [2.45, 2.75) is 27.2 Å². The van der Waals surface area contributed by atoms with Crippen molar-refractivity contribution in [2.75, 3.05) is 42.9 Å². The number of piperazine rings is 1. The Morgan fingerprint density at radius 3 is 2.27 bits per heavy atom.